The predicted octanol–water partition coefficient (Wildman–Crippen LogP) is 2.25. The van der Waals surface area contributed by atoms with Gasteiger partial charge in [0, 0.05) is 44.3 Å². The van der Waals surface area contributed by atoms with Crippen LogP contribution in [0.1, 0.15) is 49.0 Å². The molecule has 3 rings (SSSR count). The molecule has 2 aliphatic heterocycles. The first-order valence-electron chi connectivity index (χ1n) is 9.54. The molecule has 0 aromatic heterocycles. The van der Waals surface area contributed by atoms with E-state index in [4.69, 9.17) is 10.5 Å². The first kappa shape index (κ1) is 18.4. The molecule has 5 heteroatoms. The molecule has 0 radical (unpaired) electrons. The normalized spacial score (nSPS) is 28.1. The van der Waals surface area contributed by atoms with E-state index in [0.717, 1.165) is 44.6 Å². The third-order valence-electron chi connectivity index (χ3n) is 5.26. The smallest absolute Gasteiger partial charge is 0.254 e. The van der Waals surface area contributed by atoms with Gasteiger partial charge in [0.05, 0.1) is 12.2 Å². The van der Waals surface area contributed by atoms with Gasteiger partial charge >= 0.3 is 0 Å². The summed E-state index contributed by atoms with van der Waals surface area (Å²) in [5.41, 5.74) is 7.86. The van der Waals surface area contributed by atoms with Crippen molar-refractivity contribution in [1.82, 2.24) is 9.80 Å². The van der Waals surface area contributed by atoms with Crippen molar-refractivity contribution in [2.45, 2.75) is 57.9 Å². The Morgan fingerprint density at radius 3 is 2.48 bits per heavy atom. The van der Waals surface area contributed by atoms with E-state index in [1.54, 1.807) is 0 Å². The Kier molecular flexibility index (Phi) is 6.10. The van der Waals surface area contributed by atoms with Crippen molar-refractivity contribution in [1.29, 1.82) is 0 Å². The molecule has 1 aromatic carbocycles. The largest absolute Gasteiger partial charge is 0.373 e. The van der Waals surface area contributed by atoms with Gasteiger partial charge in [-0.25, -0.2) is 0 Å². The average Bonchev–Trinajstić information content (AvgIpc) is 2.61. The van der Waals surface area contributed by atoms with E-state index in [0.29, 0.717) is 6.54 Å². The van der Waals surface area contributed by atoms with Gasteiger partial charge in [0.15, 0.2) is 0 Å². The molecular formula is C20H31N3O2. The summed E-state index contributed by atoms with van der Waals surface area (Å²) in [6.45, 7) is 8.44. The monoisotopic (exact) mass is 345 g/mol. The van der Waals surface area contributed by atoms with Gasteiger partial charge in [0.2, 0.25) is 0 Å². The van der Waals surface area contributed by atoms with Crippen LogP contribution in [0, 0.1) is 0 Å². The van der Waals surface area contributed by atoms with Gasteiger partial charge in [-0.15, -0.1) is 0 Å². The molecule has 2 N–H and O–H groups in total. The fourth-order valence-electron chi connectivity index (χ4n) is 4.10. The fraction of sp³-hybridized carbons (Fsp3) is 0.650. The molecule has 2 fully saturated rings. The SMILES string of the molecule is C[C@@H]1CN(Cc2ccc(C(=O)N3CCCC[C@@H]3CN)cc2)C[C@@H](C)O1. The highest BCUT2D eigenvalue weighted by Gasteiger charge is 2.26. The van der Waals surface area contributed by atoms with Crippen molar-refractivity contribution in [2.24, 2.45) is 5.73 Å². The molecular weight excluding hydrogens is 314 g/mol. The Labute approximate surface area is 151 Å². The van der Waals surface area contributed by atoms with Crippen LogP contribution >= 0.6 is 0 Å². The number of nitrogens with two attached hydrogens (primary N) is 1. The first-order valence-corrected chi connectivity index (χ1v) is 9.54. The van der Waals surface area contributed by atoms with Crippen LogP contribution in [0.3, 0.4) is 0 Å². The highest BCUT2D eigenvalue weighted by molar-refractivity contribution is 5.94. The Morgan fingerprint density at radius 2 is 1.84 bits per heavy atom. The van der Waals surface area contributed by atoms with E-state index in [2.05, 4.69) is 30.9 Å². The van der Waals surface area contributed by atoms with Gasteiger partial charge in [0.1, 0.15) is 0 Å². The number of ether oxygens (including phenoxy) is 1. The van der Waals surface area contributed by atoms with Crippen molar-refractivity contribution in [3.63, 3.8) is 0 Å². The van der Waals surface area contributed by atoms with E-state index in [-0.39, 0.29) is 24.2 Å². The van der Waals surface area contributed by atoms with Crippen molar-refractivity contribution >= 4 is 5.91 Å². The van der Waals surface area contributed by atoms with Crippen molar-refractivity contribution in [3.8, 4) is 0 Å². The minimum atomic E-state index is 0.121. The average molecular weight is 345 g/mol. The summed E-state index contributed by atoms with van der Waals surface area (Å²) in [5.74, 6) is 0.121. The third kappa shape index (κ3) is 4.60. The molecule has 5 nitrogen and oxygen atoms in total. The van der Waals surface area contributed by atoms with Gasteiger partial charge in [-0.05, 0) is 50.8 Å². The van der Waals surface area contributed by atoms with E-state index in [9.17, 15) is 4.79 Å². The number of hydrogen-bond donors (Lipinski definition) is 1. The molecule has 0 unspecified atom stereocenters. The number of morpholine rings is 1. The van der Waals surface area contributed by atoms with E-state index in [1.807, 2.05) is 17.0 Å². The summed E-state index contributed by atoms with van der Waals surface area (Å²) in [6, 6.07) is 8.29. The second kappa shape index (κ2) is 8.30. The minimum Gasteiger partial charge on any atom is -0.373 e. The van der Waals surface area contributed by atoms with Crippen molar-refractivity contribution in [2.75, 3.05) is 26.2 Å². The standard InChI is InChI=1S/C20H31N3O2/c1-15-12-22(13-16(2)25-15)14-17-6-8-18(9-7-17)20(24)23-10-4-3-5-19(23)11-21/h6-9,15-16,19H,3-5,10-14,21H2,1-2H3/t15-,16-,19-/m1/s1. The number of hydrogen-bond acceptors (Lipinski definition) is 4. The molecule has 1 amide bonds. The molecule has 0 bridgehead atoms. The summed E-state index contributed by atoms with van der Waals surface area (Å²) in [6.07, 6.45) is 3.82. The molecule has 2 saturated heterocycles. The maximum atomic E-state index is 12.8. The molecule has 0 saturated carbocycles. The number of likely N-dealkylation sites (tertiary alicyclic amines) is 1. The Bertz CT molecular complexity index is 565. The van der Waals surface area contributed by atoms with Crippen molar-refractivity contribution in [3.05, 3.63) is 35.4 Å². The van der Waals surface area contributed by atoms with Gasteiger partial charge in [0.25, 0.3) is 5.91 Å². The Balaban J connectivity index is 1.62. The number of rotatable bonds is 4. The Hall–Kier alpha value is -1.43. The van der Waals surface area contributed by atoms with Gasteiger partial charge < -0.3 is 15.4 Å². The molecule has 2 heterocycles. The molecule has 0 spiro atoms. The summed E-state index contributed by atoms with van der Waals surface area (Å²) in [4.78, 5) is 17.2. The maximum absolute atomic E-state index is 12.8. The lowest BCUT2D eigenvalue weighted by atomic mass is 10.0. The minimum absolute atomic E-state index is 0.121. The van der Waals surface area contributed by atoms with Gasteiger partial charge in [-0.2, -0.15) is 0 Å². The number of benzene rings is 1. The number of piperidine rings is 1. The Morgan fingerprint density at radius 1 is 1.16 bits per heavy atom. The van der Waals surface area contributed by atoms with Crippen LogP contribution in [-0.2, 0) is 11.3 Å². The van der Waals surface area contributed by atoms with Gasteiger partial charge in [-0.3, -0.25) is 9.69 Å². The number of amides is 1. The van der Waals surface area contributed by atoms with E-state index >= 15 is 0 Å². The second-order valence-corrected chi connectivity index (χ2v) is 7.53. The lowest BCUT2D eigenvalue weighted by Crippen LogP contribution is -2.47. The highest BCUT2D eigenvalue weighted by atomic mass is 16.5. The van der Waals surface area contributed by atoms with Crippen LogP contribution in [0.4, 0.5) is 0 Å². The summed E-state index contributed by atoms with van der Waals surface area (Å²) >= 11 is 0. The lowest BCUT2D eigenvalue weighted by molar-refractivity contribution is -0.0704. The molecule has 1 aromatic rings. The molecule has 2 aliphatic rings. The highest BCUT2D eigenvalue weighted by Crippen LogP contribution is 2.20. The van der Waals surface area contributed by atoms with E-state index < -0.39 is 0 Å². The zero-order valence-corrected chi connectivity index (χ0v) is 15.5. The van der Waals surface area contributed by atoms with Gasteiger partial charge in [-0.1, -0.05) is 12.1 Å². The summed E-state index contributed by atoms with van der Waals surface area (Å²) in [5, 5.41) is 0. The summed E-state index contributed by atoms with van der Waals surface area (Å²) in [7, 11) is 0. The number of carbonyl (C=O) groups excluding carboxylic acids is 1. The quantitative estimate of drug-likeness (QED) is 0.909. The topological polar surface area (TPSA) is 58.8 Å². The molecule has 138 valence electrons. The second-order valence-electron chi connectivity index (χ2n) is 7.53. The van der Waals surface area contributed by atoms with Crippen LogP contribution < -0.4 is 5.73 Å². The lowest BCUT2D eigenvalue weighted by Gasteiger charge is -2.35. The van der Waals surface area contributed by atoms with E-state index in [1.165, 1.54) is 12.0 Å². The fourth-order valence-corrected chi connectivity index (χ4v) is 4.10. The van der Waals surface area contributed by atoms with Crippen LogP contribution in [0.2, 0.25) is 0 Å². The zero-order chi connectivity index (χ0) is 17.8. The zero-order valence-electron chi connectivity index (χ0n) is 15.5. The number of nitrogens with zero attached hydrogens (tertiary/aromatic N) is 2. The predicted molar refractivity (Wildman–Crippen MR) is 99.5 cm³/mol. The first-order chi connectivity index (χ1) is 12.1. The molecule has 25 heavy (non-hydrogen) atoms. The maximum Gasteiger partial charge on any atom is 0.254 e. The van der Waals surface area contributed by atoms with Crippen LogP contribution in [-0.4, -0.2) is 60.1 Å². The molecule has 3 atom stereocenters. The molecule has 0 aliphatic carbocycles. The van der Waals surface area contributed by atoms with Crippen LogP contribution in [0.25, 0.3) is 0 Å². The number of carbonyl (C=O) groups is 1. The van der Waals surface area contributed by atoms with Crippen LogP contribution in [0.15, 0.2) is 24.3 Å². The summed E-state index contributed by atoms with van der Waals surface area (Å²) < 4.78 is 5.79. The third-order valence-corrected chi connectivity index (χ3v) is 5.26. The van der Waals surface area contributed by atoms with Crippen LogP contribution in [0.5, 0.6) is 0 Å². The van der Waals surface area contributed by atoms with Crippen molar-refractivity contribution < 1.29 is 9.53 Å².